The van der Waals surface area contributed by atoms with E-state index in [0.29, 0.717) is 19.5 Å². The number of carbonyl (C=O) groups is 1. The normalized spacial score (nSPS) is 10.5. The maximum atomic E-state index is 12.5. The van der Waals surface area contributed by atoms with Gasteiger partial charge in [-0.3, -0.25) is 9.78 Å². The van der Waals surface area contributed by atoms with Gasteiger partial charge >= 0.3 is 0 Å². The molecule has 0 aliphatic rings. The summed E-state index contributed by atoms with van der Waals surface area (Å²) in [6, 6.07) is 19.8. The van der Waals surface area contributed by atoms with Crippen molar-refractivity contribution in [3.8, 4) is 0 Å². The van der Waals surface area contributed by atoms with Gasteiger partial charge in [-0.25, -0.2) is 0 Å². The number of carbonyl (C=O) groups excluding carboxylic acids is 1. The first-order chi connectivity index (χ1) is 11.8. The molecule has 0 aliphatic heterocycles. The van der Waals surface area contributed by atoms with Crippen LogP contribution in [0.2, 0.25) is 0 Å². The summed E-state index contributed by atoms with van der Waals surface area (Å²) in [7, 11) is 0. The van der Waals surface area contributed by atoms with E-state index in [1.165, 1.54) is 0 Å². The SMILES string of the molecule is CCN(C(=O)CCNc1cccc2cccnc12)c1ccccc1. The molecule has 0 radical (unpaired) electrons. The van der Waals surface area contributed by atoms with Crippen LogP contribution in [0.5, 0.6) is 0 Å². The van der Waals surface area contributed by atoms with Crippen molar-refractivity contribution in [2.75, 3.05) is 23.3 Å². The third-order valence-corrected chi connectivity index (χ3v) is 3.97. The number of hydrogen-bond donors (Lipinski definition) is 1. The number of benzene rings is 2. The third kappa shape index (κ3) is 3.54. The molecule has 3 rings (SSSR count). The number of hydrogen-bond acceptors (Lipinski definition) is 3. The number of pyridine rings is 1. The summed E-state index contributed by atoms with van der Waals surface area (Å²) >= 11 is 0. The quantitative estimate of drug-likeness (QED) is 0.744. The van der Waals surface area contributed by atoms with E-state index in [-0.39, 0.29) is 5.91 Å². The minimum absolute atomic E-state index is 0.115. The largest absolute Gasteiger partial charge is 0.383 e. The number of nitrogens with one attached hydrogen (secondary N) is 1. The summed E-state index contributed by atoms with van der Waals surface area (Å²) < 4.78 is 0. The fourth-order valence-electron chi connectivity index (χ4n) is 2.80. The first kappa shape index (κ1) is 16.0. The van der Waals surface area contributed by atoms with Crippen LogP contribution in [0.3, 0.4) is 0 Å². The fraction of sp³-hybridized carbons (Fsp3) is 0.200. The monoisotopic (exact) mass is 319 g/mol. The Morgan fingerprint density at radius 1 is 1.04 bits per heavy atom. The van der Waals surface area contributed by atoms with Crippen molar-refractivity contribution >= 4 is 28.2 Å². The second kappa shape index (κ2) is 7.59. The molecule has 0 spiro atoms. The van der Waals surface area contributed by atoms with Crippen LogP contribution in [0.15, 0.2) is 66.9 Å². The number of aromatic nitrogens is 1. The lowest BCUT2D eigenvalue weighted by Crippen LogP contribution is -2.31. The molecule has 4 heteroatoms. The van der Waals surface area contributed by atoms with Gasteiger partial charge in [0, 0.05) is 36.8 Å². The Kier molecular flexibility index (Phi) is 5.06. The molecule has 0 saturated heterocycles. The van der Waals surface area contributed by atoms with Crippen molar-refractivity contribution in [3.05, 3.63) is 66.9 Å². The van der Waals surface area contributed by atoms with E-state index >= 15 is 0 Å². The highest BCUT2D eigenvalue weighted by Gasteiger charge is 2.13. The van der Waals surface area contributed by atoms with Gasteiger partial charge < -0.3 is 10.2 Å². The van der Waals surface area contributed by atoms with E-state index in [2.05, 4.69) is 10.3 Å². The molecule has 3 aromatic rings. The molecule has 0 fully saturated rings. The Labute approximate surface area is 142 Å². The van der Waals surface area contributed by atoms with Gasteiger partial charge in [0.1, 0.15) is 0 Å². The molecule has 2 aromatic carbocycles. The second-order valence-electron chi connectivity index (χ2n) is 5.53. The van der Waals surface area contributed by atoms with Crippen LogP contribution in [0.1, 0.15) is 13.3 Å². The predicted octanol–water partition coefficient (Wildman–Crippen LogP) is 4.09. The van der Waals surface area contributed by atoms with Gasteiger partial charge in [0.15, 0.2) is 0 Å². The number of fused-ring (bicyclic) bond motifs is 1. The van der Waals surface area contributed by atoms with Crippen LogP contribution >= 0.6 is 0 Å². The molecule has 0 unspecified atom stereocenters. The zero-order valence-corrected chi connectivity index (χ0v) is 13.8. The van der Waals surface area contributed by atoms with Gasteiger partial charge in [-0.2, -0.15) is 0 Å². The van der Waals surface area contributed by atoms with Crippen LogP contribution in [-0.2, 0) is 4.79 Å². The maximum absolute atomic E-state index is 12.5. The van der Waals surface area contributed by atoms with Gasteiger partial charge in [-0.1, -0.05) is 36.4 Å². The van der Waals surface area contributed by atoms with Crippen LogP contribution in [0.4, 0.5) is 11.4 Å². The van der Waals surface area contributed by atoms with Crippen LogP contribution in [0, 0.1) is 0 Å². The molecular weight excluding hydrogens is 298 g/mol. The van der Waals surface area contributed by atoms with Crippen molar-refractivity contribution in [3.63, 3.8) is 0 Å². The Bertz CT molecular complexity index is 812. The molecule has 1 amide bonds. The van der Waals surface area contributed by atoms with E-state index in [1.54, 1.807) is 6.20 Å². The lowest BCUT2D eigenvalue weighted by molar-refractivity contribution is -0.118. The van der Waals surface area contributed by atoms with E-state index in [1.807, 2.05) is 72.5 Å². The molecule has 0 aliphatic carbocycles. The Morgan fingerprint density at radius 3 is 2.62 bits per heavy atom. The first-order valence-electron chi connectivity index (χ1n) is 8.22. The summed E-state index contributed by atoms with van der Waals surface area (Å²) in [5.41, 5.74) is 2.84. The van der Waals surface area contributed by atoms with Gasteiger partial charge in [0.2, 0.25) is 5.91 Å². The average Bonchev–Trinajstić information content (AvgIpc) is 2.63. The van der Waals surface area contributed by atoms with Crippen LogP contribution in [0.25, 0.3) is 10.9 Å². The smallest absolute Gasteiger partial charge is 0.228 e. The molecule has 0 saturated carbocycles. The predicted molar refractivity (Wildman–Crippen MR) is 99.3 cm³/mol. The van der Waals surface area contributed by atoms with Crippen molar-refractivity contribution in [1.29, 1.82) is 0 Å². The number of para-hydroxylation sites is 2. The van der Waals surface area contributed by atoms with Crippen molar-refractivity contribution in [2.45, 2.75) is 13.3 Å². The summed E-state index contributed by atoms with van der Waals surface area (Å²) in [4.78, 5) is 18.7. The molecule has 0 atom stereocenters. The summed E-state index contributed by atoms with van der Waals surface area (Å²) in [5.74, 6) is 0.115. The minimum Gasteiger partial charge on any atom is -0.383 e. The van der Waals surface area contributed by atoms with E-state index in [9.17, 15) is 4.79 Å². The Morgan fingerprint density at radius 2 is 1.83 bits per heavy atom. The molecule has 24 heavy (non-hydrogen) atoms. The fourth-order valence-corrected chi connectivity index (χ4v) is 2.80. The van der Waals surface area contributed by atoms with Crippen LogP contribution < -0.4 is 10.2 Å². The Balaban J connectivity index is 1.64. The highest BCUT2D eigenvalue weighted by atomic mass is 16.2. The zero-order valence-electron chi connectivity index (χ0n) is 13.8. The highest BCUT2D eigenvalue weighted by molar-refractivity contribution is 5.94. The Hall–Kier alpha value is -2.88. The van der Waals surface area contributed by atoms with Crippen molar-refractivity contribution in [1.82, 2.24) is 4.98 Å². The van der Waals surface area contributed by atoms with Crippen LogP contribution in [-0.4, -0.2) is 24.0 Å². The van der Waals surface area contributed by atoms with Crippen molar-refractivity contribution < 1.29 is 4.79 Å². The highest BCUT2D eigenvalue weighted by Crippen LogP contribution is 2.20. The summed E-state index contributed by atoms with van der Waals surface area (Å²) in [6.45, 7) is 3.24. The summed E-state index contributed by atoms with van der Waals surface area (Å²) in [6.07, 6.45) is 2.22. The third-order valence-electron chi connectivity index (χ3n) is 3.97. The molecule has 0 bridgehead atoms. The lowest BCUT2D eigenvalue weighted by atomic mass is 10.2. The molecule has 1 heterocycles. The van der Waals surface area contributed by atoms with Gasteiger partial charge in [0.05, 0.1) is 11.2 Å². The van der Waals surface area contributed by atoms with Gasteiger partial charge in [0.25, 0.3) is 0 Å². The lowest BCUT2D eigenvalue weighted by Gasteiger charge is -2.21. The van der Waals surface area contributed by atoms with Gasteiger partial charge in [-0.05, 0) is 31.2 Å². The second-order valence-corrected chi connectivity index (χ2v) is 5.53. The first-order valence-corrected chi connectivity index (χ1v) is 8.22. The number of rotatable bonds is 6. The average molecular weight is 319 g/mol. The van der Waals surface area contributed by atoms with E-state index in [0.717, 1.165) is 22.3 Å². The molecule has 4 nitrogen and oxygen atoms in total. The molecule has 1 aromatic heterocycles. The number of anilines is 2. The van der Waals surface area contributed by atoms with Crippen molar-refractivity contribution in [2.24, 2.45) is 0 Å². The molecular formula is C20H21N3O. The topological polar surface area (TPSA) is 45.2 Å². The number of nitrogens with zero attached hydrogens (tertiary/aromatic N) is 2. The molecule has 1 N–H and O–H groups in total. The van der Waals surface area contributed by atoms with E-state index in [4.69, 9.17) is 0 Å². The van der Waals surface area contributed by atoms with E-state index < -0.39 is 0 Å². The molecule has 122 valence electrons. The summed E-state index contributed by atoms with van der Waals surface area (Å²) in [5, 5.41) is 4.43. The minimum atomic E-state index is 0.115. The number of amides is 1. The standard InChI is InChI=1S/C20H21N3O/c1-2-23(17-10-4-3-5-11-17)19(24)13-15-21-18-12-6-8-16-9-7-14-22-20(16)18/h3-12,14,21H,2,13,15H2,1H3. The van der Waals surface area contributed by atoms with Gasteiger partial charge in [-0.15, -0.1) is 0 Å². The zero-order chi connectivity index (χ0) is 16.8. The maximum Gasteiger partial charge on any atom is 0.228 e.